The summed E-state index contributed by atoms with van der Waals surface area (Å²) in [7, 11) is 0. The largest absolute Gasteiger partial charge is 0.492 e. The average molecular weight is 270 g/mol. The summed E-state index contributed by atoms with van der Waals surface area (Å²) < 4.78 is 5.57. The normalized spacial score (nSPS) is 12.8. The topological polar surface area (TPSA) is 26.3 Å². The SMILES string of the molecule is O=C(CSc1ccccc1)c1cccc2c1OCC2. The summed E-state index contributed by atoms with van der Waals surface area (Å²) in [5, 5.41) is 0. The number of ketones is 1. The molecule has 96 valence electrons. The van der Waals surface area contributed by atoms with Crippen molar-refractivity contribution in [1.82, 2.24) is 0 Å². The van der Waals surface area contributed by atoms with Gasteiger partial charge in [-0.05, 0) is 23.8 Å². The zero-order valence-electron chi connectivity index (χ0n) is 10.5. The van der Waals surface area contributed by atoms with E-state index in [1.807, 2.05) is 48.5 Å². The third-order valence-electron chi connectivity index (χ3n) is 3.13. The van der Waals surface area contributed by atoms with Gasteiger partial charge in [-0.2, -0.15) is 0 Å². The number of para-hydroxylation sites is 1. The highest BCUT2D eigenvalue weighted by molar-refractivity contribution is 8.00. The van der Waals surface area contributed by atoms with Crippen molar-refractivity contribution in [2.75, 3.05) is 12.4 Å². The molecule has 0 spiro atoms. The standard InChI is InChI=1S/C16H14O2S/c17-15(11-19-13-6-2-1-3-7-13)14-8-4-5-12-9-10-18-16(12)14/h1-8H,9-11H2. The van der Waals surface area contributed by atoms with E-state index in [9.17, 15) is 4.79 Å². The maximum absolute atomic E-state index is 12.3. The summed E-state index contributed by atoms with van der Waals surface area (Å²) in [6, 6.07) is 15.8. The lowest BCUT2D eigenvalue weighted by molar-refractivity contribution is 0.101. The van der Waals surface area contributed by atoms with Crippen molar-refractivity contribution < 1.29 is 9.53 Å². The maximum atomic E-state index is 12.3. The molecule has 0 atom stereocenters. The Morgan fingerprint density at radius 1 is 1.11 bits per heavy atom. The Balaban J connectivity index is 1.73. The van der Waals surface area contributed by atoms with Crippen molar-refractivity contribution in [1.29, 1.82) is 0 Å². The molecular weight excluding hydrogens is 256 g/mol. The van der Waals surface area contributed by atoms with Crippen molar-refractivity contribution in [2.45, 2.75) is 11.3 Å². The van der Waals surface area contributed by atoms with Crippen LogP contribution in [0.3, 0.4) is 0 Å². The minimum atomic E-state index is 0.132. The summed E-state index contributed by atoms with van der Waals surface area (Å²) in [6.07, 6.45) is 0.905. The highest BCUT2D eigenvalue weighted by atomic mass is 32.2. The number of carbonyl (C=O) groups is 1. The minimum absolute atomic E-state index is 0.132. The molecule has 1 aliphatic rings. The van der Waals surface area contributed by atoms with Gasteiger partial charge in [0.2, 0.25) is 0 Å². The van der Waals surface area contributed by atoms with Gasteiger partial charge in [0.05, 0.1) is 17.9 Å². The minimum Gasteiger partial charge on any atom is -0.492 e. The van der Waals surface area contributed by atoms with Crippen LogP contribution < -0.4 is 4.74 Å². The van der Waals surface area contributed by atoms with Crippen LogP contribution in [0.25, 0.3) is 0 Å². The van der Waals surface area contributed by atoms with Gasteiger partial charge in [0.1, 0.15) is 5.75 Å². The van der Waals surface area contributed by atoms with Crippen LogP contribution in [0.15, 0.2) is 53.4 Å². The van der Waals surface area contributed by atoms with Crippen LogP contribution in [0.4, 0.5) is 0 Å². The molecule has 0 saturated heterocycles. The first-order valence-corrected chi connectivity index (χ1v) is 7.29. The van der Waals surface area contributed by atoms with Crippen molar-refractivity contribution in [3.05, 3.63) is 59.7 Å². The number of thioether (sulfide) groups is 1. The number of hydrogen-bond acceptors (Lipinski definition) is 3. The quantitative estimate of drug-likeness (QED) is 0.627. The van der Waals surface area contributed by atoms with E-state index < -0.39 is 0 Å². The molecule has 1 heterocycles. The van der Waals surface area contributed by atoms with Crippen molar-refractivity contribution in [3.8, 4) is 5.75 Å². The first-order chi connectivity index (χ1) is 9.34. The summed E-state index contributed by atoms with van der Waals surface area (Å²) in [6.45, 7) is 0.686. The highest BCUT2D eigenvalue weighted by Gasteiger charge is 2.20. The first-order valence-electron chi connectivity index (χ1n) is 6.30. The fraction of sp³-hybridized carbons (Fsp3) is 0.188. The van der Waals surface area contributed by atoms with Crippen LogP contribution in [0, 0.1) is 0 Å². The average Bonchev–Trinajstić information content (AvgIpc) is 2.94. The molecule has 0 radical (unpaired) electrons. The van der Waals surface area contributed by atoms with E-state index in [0.29, 0.717) is 12.4 Å². The highest BCUT2D eigenvalue weighted by Crippen LogP contribution is 2.30. The molecule has 0 N–H and O–H groups in total. The molecule has 0 unspecified atom stereocenters. The van der Waals surface area contributed by atoms with Gasteiger partial charge in [-0.25, -0.2) is 0 Å². The number of hydrogen-bond donors (Lipinski definition) is 0. The lowest BCUT2D eigenvalue weighted by Crippen LogP contribution is -2.04. The lowest BCUT2D eigenvalue weighted by atomic mass is 10.1. The third-order valence-corrected chi connectivity index (χ3v) is 4.14. The zero-order chi connectivity index (χ0) is 13.1. The Labute approximate surface area is 116 Å². The Morgan fingerprint density at radius 2 is 1.95 bits per heavy atom. The van der Waals surface area contributed by atoms with Gasteiger partial charge in [-0.1, -0.05) is 30.3 Å². The number of benzene rings is 2. The molecule has 0 bridgehead atoms. The number of fused-ring (bicyclic) bond motifs is 1. The molecule has 0 aromatic heterocycles. The van der Waals surface area contributed by atoms with Crippen LogP contribution >= 0.6 is 11.8 Å². The van der Waals surface area contributed by atoms with E-state index in [2.05, 4.69) is 0 Å². The predicted octanol–water partition coefficient (Wildman–Crippen LogP) is 3.60. The summed E-state index contributed by atoms with van der Waals surface area (Å²) in [5.41, 5.74) is 1.87. The maximum Gasteiger partial charge on any atom is 0.176 e. The van der Waals surface area contributed by atoms with Gasteiger partial charge in [-0.3, -0.25) is 4.79 Å². The number of ether oxygens (including phenoxy) is 1. The molecule has 0 amide bonds. The molecule has 2 nitrogen and oxygen atoms in total. The Bertz CT molecular complexity index is 593. The lowest BCUT2D eigenvalue weighted by Gasteiger charge is -2.06. The van der Waals surface area contributed by atoms with Gasteiger partial charge >= 0.3 is 0 Å². The van der Waals surface area contributed by atoms with Crippen molar-refractivity contribution >= 4 is 17.5 Å². The van der Waals surface area contributed by atoms with E-state index in [1.165, 1.54) is 0 Å². The summed E-state index contributed by atoms with van der Waals surface area (Å²) >= 11 is 1.56. The smallest absolute Gasteiger partial charge is 0.176 e. The van der Waals surface area contributed by atoms with Gasteiger partial charge in [0, 0.05) is 11.3 Å². The van der Waals surface area contributed by atoms with E-state index in [4.69, 9.17) is 4.74 Å². The second-order valence-electron chi connectivity index (χ2n) is 4.42. The predicted molar refractivity (Wildman–Crippen MR) is 77.1 cm³/mol. The monoisotopic (exact) mass is 270 g/mol. The molecular formula is C16H14O2S. The molecule has 3 heteroatoms. The third kappa shape index (κ3) is 2.66. The second kappa shape index (κ2) is 5.49. The van der Waals surface area contributed by atoms with Crippen LogP contribution in [0.2, 0.25) is 0 Å². The summed E-state index contributed by atoms with van der Waals surface area (Å²) in [5.74, 6) is 1.37. The van der Waals surface area contributed by atoms with E-state index in [1.54, 1.807) is 11.8 Å². The molecule has 0 fully saturated rings. The summed E-state index contributed by atoms with van der Waals surface area (Å²) in [4.78, 5) is 13.4. The van der Waals surface area contributed by atoms with Crippen molar-refractivity contribution in [3.63, 3.8) is 0 Å². The molecule has 2 aromatic carbocycles. The molecule has 0 aliphatic carbocycles. The van der Waals surface area contributed by atoms with Crippen LogP contribution in [-0.4, -0.2) is 18.1 Å². The Hall–Kier alpha value is -1.74. The number of Topliss-reactive ketones (excluding diaryl/α,β-unsaturated/α-hetero) is 1. The van der Waals surface area contributed by atoms with Gasteiger partial charge in [0.15, 0.2) is 5.78 Å². The molecule has 0 saturated carbocycles. The van der Waals surface area contributed by atoms with E-state index >= 15 is 0 Å². The first kappa shape index (κ1) is 12.3. The van der Waals surface area contributed by atoms with Crippen LogP contribution in [0.1, 0.15) is 15.9 Å². The molecule has 19 heavy (non-hydrogen) atoms. The molecule has 1 aliphatic heterocycles. The van der Waals surface area contributed by atoms with Crippen molar-refractivity contribution in [2.24, 2.45) is 0 Å². The second-order valence-corrected chi connectivity index (χ2v) is 5.47. The number of rotatable bonds is 4. The van der Waals surface area contributed by atoms with Crippen LogP contribution in [0.5, 0.6) is 5.75 Å². The molecule has 2 aromatic rings. The Kier molecular flexibility index (Phi) is 3.56. The fourth-order valence-corrected chi connectivity index (χ4v) is 2.98. The fourth-order valence-electron chi connectivity index (χ4n) is 2.18. The van der Waals surface area contributed by atoms with Crippen LogP contribution in [-0.2, 0) is 6.42 Å². The zero-order valence-corrected chi connectivity index (χ0v) is 11.3. The molecule has 3 rings (SSSR count). The van der Waals surface area contributed by atoms with E-state index in [0.717, 1.165) is 28.2 Å². The van der Waals surface area contributed by atoms with Gasteiger partial charge in [-0.15, -0.1) is 11.8 Å². The van der Waals surface area contributed by atoms with Gasteiger partial charge in [0.25, 0.3) is 0 Å². The number of carbonyl (C=O) groups excluding carboxylic acids is 1. The van der Waals surface area contributed by atoms with E-state index in [-0.39, 0.29) is 5.78 Å². The Morgan fingerprint density at radius 3 is 2.79 bits per heavy atom. The van der Waals surface area contributed by atoms with Gasteiger partial charge < -0.3 is 4.74 Å².